The Kier molecular flexibility index (Phi) is 7.10. The van der Waals surface area contributed by atoms with Crippen LogP contribution in [0.3, 0.4) is 0 Å². The molecule has 0 aromatic heterocycles. The van der Waals surface area contributed by atoms with Crippen LogP contribution in [0.5, 0.6) is 5.75 Å². The number of halogens is 1. The minimum Gasteiger partial charge on any atom is -0.495 e. The van der Waals surface area contributed by atoms with Gasteiger partial charge >= 0.3 is 0 Å². The molecule has 0 aliphatic rings. The van der Waals surface area contributed by atoms with Crippen molar-refractivity contribution in [1.29, 1.82) is 0 Å². The summed E-state index contributed by atoms with van der Waals surface area (Å²) in [6.45, 7) is 3.95. The number of nitrogens with one attached hydrogen (secondary N) is 2. The van der Waals surface area contributed by atoms with Gasteiger partial charge in [-0.3, -0.25) is 9.52 Å². The predicted octanol–water partition coefficient (Wildman–Crippen LogP) is 4.07. The molecule has 0 saturated heterocycles. The highest BCUT2D eigenvalue weighted by molar-refractivity contribution is 7.92. The van der Waals surface area contributed by atoms with Crippen LogP contribution in [0.4, 0.5) is 5.69 Å². The van der Waals surface area contributed by atoms with Crippen LogP contribution in [0.1, 0.15) is 37.0 Å². The van der Waals surface area contributed by atoms with E-state index >= 15 is 0 Å². The van der Waals surface area contributed by atoms with Crippen LogP contribution in [-0.4, -0.2) is 27.5 Å². The molecule has 0 spiro atoms. The van der Waals surface area contributed by atoms with Gasteiger partial charge in [0.2, 0.25) is 0 Å². The predicted molar refractivity (Wildman–Crippen MR) is 107 cm³/mol. The molecule has 1 unspecified atom stereocenters. The van der Waals surface area contributed by atoms with Crippen molar-refractivity contribution in [3.63, 3.8) is 0 Å². The van der Waals surface area contributed by atoms with Gasteiger partial charge in [0.15, 0.2) is 0 Å². The minimum absolute atomic E-state index is 0.0108. The van der Waals surface area contributed by atoms with Crippen molar-refractivity contribution in [1.82, 2.24) is 5.32 Å². The zero-order valence-corrected chi connectivity index (χ0v) is 17.0. The molecule has 2 N–H and O–H groups in total. The normalized spacial score (nSPS) is 12.3. The Balaban J connectivity index is 2.27. The van der Waals surface area contributed by atoms with Crippen LogP contribution in [0.25, 0.3) is 0 Å². The number of hydrogen-bond donors (Lipinski definition) is 2. The monoisotopic (exact) mass is 410 g/mol. The molecular weight excluding hydrogens is 388 g/mol. The second-order valence-electron chi connectivity index (χ2n) is 6.14. The molecule has 6 nitrogen and oxygen atoms in total. The van der Waals surface area contributed by atoms with Gasteiger partial charge in [0.1, 0.15) is 5.75 Å². The average molecular weight is 411 g/mol. The molecule has 0 heterocycles. The fourth-order valence-corrected chi connectivity index (χ4v) is 3.86. The van der Waals surface area contributed by atoms with Crippen molar-refractivity contribution in [2.75, 3.05) is 11.8 Å². The number of rotatable bonds is 8. The molecule has 146 valence electrons. The van der Waals surface area contributed by atoms with Crippen molar-refractivity contribution in [2.24, 2.45) is 0 Å². The van der Waals surface area contributed by atoms with Gasteiger partial charge in [-0.1, -0.05) is 31.0 Å². The number of methoxy groups -OCH3 is 1. The average Bonchev–Trinajstić information content (AvgIpc) is 2.62. The largest absolute Gasteiger partial charge is 0.495 e. The van der Waals surface area contributed by atoms with Crippen LogP contribution in [0.2, 0.25) is 5.02 Å². The van der Waals surface area contributed by atoms with Crippen molar-refractivity contribution >= 4 is 33.2 Å². The van der Waals surface area contributed by atoms with E-state index in [2.05, 4.69) is 10.0 Å². The number of benzene rings is 2. The van der Waals surface area contributed by atoms with Gasteiger partial charge in [-0.15, -0.1) is 0 Å². The van der Waals surface area contributed by atoms with Gasteiger partial charge in [-0.25, -0.2) is 8.42 Å². The third-order valence-corrected chi connectivity index (χ3v) is 5.51. The minimum atomic E-state index is -3.93. The maximum absolute atomic E-state index is 12.7. The molecule has 2 rings (SSSR count). The standard InChI is InChI=1S/C19H23ClN2O4S/c1-4-6-13(2)21-19(23)14-7-5-8-16(11-14)27(24,25)22-17-12-15(20)9-10-18(17)26-3/h5,7-13,22H,4,6H2,1-3H3,(H,21,23). The van der Waals surface area contributed by atoms with E-state index < -0.39 is 10.0 Å². The molecule has 1 amide bonds. The molecule has 27 heavy (non-hydrogen) atoms. The lowest BCUT2D eigenvalue weighted by atomic mass is 10.1. The highest BCUT2D eigenvalue weighted by Gasteiger charge is 2.19. The fourth-order valence-electron chi connectivity index (χ4n) is 2.58. The molecule has 0 aliphatic carbocycles. The number of carbonyl (C=O) groups is 1. The molecule has 0 bridgehead atoms. The molecule has 0 radical (unpaired) electrons. The van der Waals surface area contributed by atoms with E-state index in [1.165, 1.54) is 31.4 Å². The van der Waals surface area contributed by atoms with E-state index in [0.29, 0.717) is 10.8 Å². The molecule has 2 aromatic rings. The van der Waals surface area contributed by atoms with Gasteiger partial charge in [0.05, 0.1) is 17.7 Å². The summed E-state index contributed by atoms with van der Waals surface area (Å²) in [6, 6.07) is 10.5. The second kappa shape index (κ2) is 9.10. The van der Waals surface area contributed by atoms with Crippen molar-refractivity contribution in [3.05, 3.63) is 53.1 Å². The SMILES string of the molecule is CCCC(C)NC(=O)c1cccc(S(=O)(=O)Nc2cc(Cl)ccc2OC)c1. The molecular formula is C19H23ClN2O4S. The zero-order valence-electron chi connectivity index (χ0n) is 15.5. The quantitative estimate of drug-likeness (QED) is 0.687. The lowest BCUT2D eigenvalue weighted by Crippen LogP contribution is -2.32. The van der Waals surface area contributed by atoms with E-state index in [9.17, 15) is 13.2 Å². The van der Waals surface area contributed by atoms with E-state index in [4.69, 9.17) is 16.3 Å². The van der Waals surface area contributed by atoms with E-state index in [1.54, 1.807) is 18.2 Å². The molecule has 8 heteroatoms. The fraction of sp³-hybridized carbons (Fsp3) is 0.316. The summed E-state index contributed by atoms with van der Waals surface area (Å²) in [5, 5.41) is 3.23. The Morgan fingerprint density at radius 1 is 1.22 bits per heavy atom. The number of sulfonamides is 1. The molecule has 0 fully saturated rings. The number of ether oxygens (including phenoxy) is 1. The lowest BCUT2D eigenvalue weighted by molar-refractivity contribution is 0.0938. The van der Waals surface area contributed by atoms with E-state index in [1.807, 2.05) is 13.8 Å². The second-order valence-corrected chi connectivity index (χ2v) is 8.26. The number of hydrogen-bond acceptors (Lipinski definition) is 4. The summed E-state index contributed by atoms with van der Waals surface area (Å²) in [4.78, 5) is 12.3. The third kappa shape index (κ3) is 5.61. The van der Waals surface area contributed by atoms with Crippen molar-refractivity contribution < 1.29 is 17.9 Å². The smallest absolute Gasteiger partial charge is 0.262 e. The van der Waals surface area contributed by atoms with Crippen LogP contribution in [0.15, 0.2) is 47.4 Å². The summed E-state index contributed by atoms with van der Waals surface area (Å²) < 4.78 is 33.1. The maximum Gasteiger partial charge on any atom is 0.262 e. The summed E-state index contributed by atoms with van der Waals surface area (Å²) in [7, 11) is -2.49. The van der Waals surface area contributed by atoms with Gasteiger partial charge in [0.25, 0.3) is 15.9 Å². The Morgan fingerprint density at radius 3 is 2.63 bits per heavy atom. The molecule has 0 aliphatic heterocycles. The van der Waals surface area contributed by atoms with Crippen LogP contribution >= 0.6 is 11.6 Å². The number of anilines is 1. The Morgan fingerprint density at radius 2 is 1.96 bits per heavy atom. The van der Waals surface area contributed by atoms with Crippen molar-refractivity contribution in [3.8, 4) is 5.75 Å². The van der Waals surface area contributed by atoms with Crippen LogP contribution in [-0.2, 0) is 10.0 Å². The molecule has 2 aromatic carbocycles. The molecule has 1 atom stereocenters. The summed E-state index contributed by atoms with van der Waals surface area (Å²) in [5.74, 6) is 0.0265. The first-order valence-electron chi connectivity index (χ1n) is 8.54. The Bertz CT molecular complexity index is 916. The number of carbonyl (C=O) groups excluding carboxylic acids is 1. The number of amides is 1. The first kappa shape index (κ1) is 21.1. The lowest BCUT2D eigenvalue weighted by Gasteiger charge is -2.14. The summed E-state index contributed by atoms with van der Waals surface area (Å²) >= 11 is 5.95. The van der Waals surface area contributed by atoms with Crippen LogP contribution in [0, 0.1) is 0 Å². The first-order valence-corrected chi connectivity index (χ1v) is 10.4. The summed E-state index contributed by atoms with van der Waals surface area (Å²) in [6.07, 6.45) is 1.79. The summed E-state index contributed by atoms with van der Waals surface area (Å²) in [5.41, 5.74) is 0.496. The van der Waals surface area contributed by atoms with Crippen molar-refractivity contribution in [2.45, 2.75) is 37.6 Å². The van der Waals surface area contributed by atoms with Gasteiger partial charge in [-0.05, 0) is 49.7 Å². The Labute approximate surface area is 164 Å². The van der Waals surface area contributed by atoms with E-state index in [0.717, 1.165) is 12.8 Å². The van der Waals surface area contributed by atoms with E-state index in [-0.39, 0.29) is 28.1 Å². The first-order chi connectivity index (χ1) is 12.8. The molecule has 0 saturated carbocycles. The van der Waals surface area contributed by atoms with Gasteiger partial charge in [0, 0.05) is 16.6 Å². The van der Waals surface area contributed by atoms with Crippen LogP contribution < -0.4 is 14.8 Å². The van der Waals surface area contributed by atoms with Gasteiger partial charge in [-0.2, -0.15) is 0 Å². The topological polar surface area (TPSA) is 84.5 Å². The zero-order chi connectivity index (χ0) is 20.0. The van der Waals surface area contributed by atoms with Gasteiger partial charge < -0.3 is 10.1 Å². The third-order valence-electron chi connectivity index (χ3n) is 3.91. The maximum atomic E-state index is 12.7. The highest BCUT2D eigenvalue weighted by Crippen LogP contribution is 2.29. The highest BCUT2D eigenvalue weighted by atomic mass is 35.5. The Hall–Kier alpha value is -2.25.